The standard InChI is InChI=1S/C22H29N3O5S/c1-5-30-22(27)19-15(3)23-16(4)20(19)31(28,29)25-12-10-17(11-13-25)21(26)24-18-9-7-6-8-14(18)2/h6-9,17,23H,5,10-13H2,1-4H3,(H,24,26). The third-order valence-corrected chi connectivity index (χ3v) is 7.69. The highest BCUT2D eigenvalue weighted by atomic mass is 32.2. The summed E-state index contributed by atoms with van der Waals surface area (Å²) < 4.78 is 33.1. The molecule has 3 rings (SSSR count). The summed E-state index contributed by atoms with van der Waals surface area (Å²) >= 11 is 0. The fourth-order valence-electron chi connectivity index (χ4n) is 3.97. The number of rotatable bonds is 6. The van der Waals surface area contributed by atoms with Crippen LogP contribution in [0.3, 0.4) is 0 Å². The number of carbonyl (C=O) groups is 2. The van der Waals surface area contributed by atoms with Crippen LogP contribution < -0.4 is 5.32 Å². The highest BCUT2D eigenvalue weighted by Gasteiger charge is 2.37. The van der Waals surface area contributed by atoms with Crippen molar-refractivity contribution in [1.29, 1.82) is 0 Å². The lowest BCUT2D eigenvalue weighted by Gasteiger charge is -2.30. The Hall–Kier alpha value is -2.65. The third-order valence-electron chi connectivity index (χ3n) is 5.62. The maximum atomic E-state index is 13.4. The molecule has 1 aliphatic rings. The third kappa shape index (κ3) is 4.67. The molecule has 0 spiro atoms. The fraction of sp³-hybridized carbons (Fsp3) is 0.455. The Bertz CT molecular complexity index is 1080. The zero-order valence-electron chi connectivity index (χ0n) is 18.3. The van der Waals surface area contributed by atoms with E-state index in [1.54, 1.807) is 20.8 Å². The van der Waals surface area contributed by atoms with Gasteiger partial charge >= 0.3 is 5.97 Å². The van der Waals surface area contributed by atoms with E-state index in [1.807, 2.05) is 31.2 Å². The van der Waals surface area contributed by atoms with Crippen LogP contribution in [-0.4, -0.2) is 49.3 Å². The van der Waals surface area contributed by atoms with Gasteiger partial charge in [0.2, 0.25) is 15.9 Å². The number of esters is 1. The molecule has 8 nitrogen and oxygen atoms in total. The Balaban J connectivity index is 1.74. The van der Waals surface area contributed by atoms with Crippen LogP contribution in [-0.2, 0) is 19.6 Å². The fourth-order valence-corrected chi connectivity index (χ4v) is 5.85. The molecule has 1 saturated heterocycles. The molecule has 1 aromatic carbocycles. The first kappa shape index (κ1) is 23.0. The predicted molar refractivity (Wildman–Crippen MR) is 118 cm³/mol. The lowest BCUT2D eigenvalue weighted by Crippen LogP contribution is -2.42. The van der Waals surface area contributed by atoms with E-state index in [-0.39, 0.29) is 42.0 Å². The van der Waals surface area contributed by atoms with Crippen molar-refractivity contribution >= 4 is 27.6 Å². The number of nitrogens with one attached hydrogen (secondary N) is 2. The first-order valence-electron chi connectivity index (χ1n) is 10.4. The molecule has 0 saturated carbocycles. The smallest absolute Gasteiger partial charge is 0.341 e. The van der Waals surface area contributed by atoms with Crippen molar-refractivity contribution in [2.75, 3.05) is 25.0 Å². The van der Waals surface area contributed by atoms with Crippen LogP contribution >= 0.6 is 0 Å². The number of amides is 1. The Kier molecular flexibility index (Phi) is 6.86. The summed E-state index contributed by atoms with van der Waals surface area (Å²) in [6, 6.07) is 7.54. The molecule has 1 aromatic heterocycles. The van der Waals surface area contributed by atoms with E-state index in [9.17, 15) is 18.0 Å². The van der Waals surface area contributed by atoms with Crippen molar-refractivity contribution in [3.8, 4) is 0 Å². The highest BCUT2D eigenvalue weighted by Crippen LogP contribution is 2.31. The van der Waals surface area contributed by atoms with Gasteiger partial charge in [0.05, 0.1) is 6.61 Å². The molecule has 0 aliphatic carbocycles. The van der Waals surface area contributed by atoms with E-state index < -0.39 is 16.0 Å². The summed E-state index contributed by atoms with van der Waals surface area (Å²) in [5.41, 5.74) is 2.65. The molecular weight excluding hydrogens is 418 g/mol. The molecule has 2 heterocycles. The summed E-state index contributed by atoms with van der Waals surface area (Å²) in [5.74, 6) is -1.03. The first-order chi connectivity index (χ1) is 14.7. The van der Waals surface area contributed by atoms with Crippen molar-refractivity contribution in [2.45, 2.75) is 45.4 Å². The molecule has 0 bridgehead atoms. The molecule has 1 fully saturated rings. The Morgan fingerprint density at radius 3 is 2.39 bits per heavy atom. The van der Waals surface area contributed by atoms with Gasteiger partial charge in [0.15, 0.2) is 0 Å². The number of aromatic amines is 1. The van der Waals surface area contributed by atoms with Crippen LogP contribution in [0.5, 0.6) is 0 Å². The van der Waals surface area contributed by atoms with Crippen molar-refractivity contribution in [3.05, 3.63) is 46.8 Å². The van der Waals surface area contributed by atoms with Gasteiger partial charge in [-0.3, -0.25) is 4.79 Å². The van der Waals surface area contributed by atoms with Crippen molar-refractivity contribution in [2.24, 2.45) is 5.92 Å². The number of carbonyl (C=O) groups excluding carboxylic acids is 2. The SMILES string of the molecule is CCOC(=O)c1c(C)[nH]c(C)c1S(=O)(=O)N1CCC(C(=O)Nc2ccccc2C)CC1. The number of sulfonamides is 1. The van der Waals surface area contributed by atoms with E-state index in [0.717, 1.165) is 11.3 Å². The number of aryl methyl sites for hydroxylation is 3. The number of aromatic nitrogens is 1. The largest absolute Gasteiger partial charge is 0.462 e. The number of nitrogens with zero attached hydrogens (tertiary/aromatic N) is 1. The van der Waals surface area contributed by atoms with Crippen LogP contribution in [0.25, 0.3) is 0 Å². The lowest BCUT2D eigenvalue weighted by atomic mass is 9.97. The Labute approximate surface area is 183 Å². The van der Waals surface area contributed by atoms with Gasteiger partial charge in [0, 0.05) is 36.1 Å². The monoisotopic (exact) mass is 447 g/mol. The van der Waals surface area contributed by atoms with Gasteiger partial charge in [0.25, 0.3) is 0 Å². The van der Waals surface area contributed by atoms with Gasteiger partial charge in [-0.25, -0.2) is 13.2 Å². The minimum absolute atomic E-state index is 0.0359. The highest BCUT2D eigenvalue weighted by molar-refractivity contribution is 7.89. The van der Waals surface area contributed by atoms with Gasteiger partial charge in [-0.05, 0) is 52.2 Å². The maximum Gasteiger partial charge on any atom is 0.341 e. The molecule has 2 aromatic rings. The number of benzene rings is 1. The minimum atomic E-state index is -3.91. The zero-order chi connectivity index (χ0) is 22.8. The second-order valence-electron chi connectivity index (χ2n) is 7.78. The molecule has 1 aliphatic heterocycles. The van der Waals surface area contributed by atoms with E-state index in [4.69, 9.17) is 4.74 Å². The van der Waals surface area contributed by atoms with Crippen LogP contribution in [0, 0.1) is 26.7 Å². The molecule has 31 heavy (non-hydrogen) atoms. The van der Waals surface area contributed by atoms with Crippen molar-refractivity contribution < 1.29 is 22.7 Å². The maximum absolute atomic E-state index is 13.4. The van der Waals surface area contributed by atoms with Crippen molar-refractivity contribution in [1.82, 2.24) is 9.29 Å². The molecule has 1 amide bonds. The molecule has 9 heteroatoms. The summed E-state index contributed by atoms with van der Waals surface area (Å²) in [6.07, 6.45) is 0.822. The number of hydrogen-bond donors (Lipinski definition) is 2. The van der Waals surface area contributed by atoms with E-state index in [1.165, 1.54) is 4.31 Å². The molecule has 2 N–H and O–H groups in total. The summed E-state index contributed by atoms with van der Waals surface area (Å²) in [6.45, 7) is 7.45. The number of piperidine rings is 1. The topological polar surface area (TPSA) is 109 Å². The van der Waals surface area contributed by atoms with Gasteiger partial charge in [-0.1, -0.05) is 18.2 Å². The number of H-pyrrole nitrogens is 1. The molecule has 0 radical (unpaired) electrons. The minimum Gasteiger partial charge on any atom is -0.462 e. The molecule has 0 atom stereocenters. The van der Waals surface area contributed by atoms with Crippen LogP contribution in [0.4, 0.5) is 5.69 Å². The van der Waals surface area contributed by atoms with Gasteiger partial charge < -0.3 is 15.0 Å². The number of ether oxygens (including phenoxy) is 1. The average Bonchev–Trinajstić information content (AvgIpc) is 3.04. The predicted octanol–water partition coefficient (Wildman–Crippen LogP) is 3.16. The second kappa shape index (κ2) is 9.23. The van der Waals surface area contributed by atoms with E-state index in [0.29, 0.717) is 24.2 Å². The van der Waals surface area contributed by atoms with Crippen LogP contribution in [0.1, 0.15) is 47.1 Å². The number of para-hydroxylation sites is 1. The van der Waals surface area contributed by atoms with Gasteiger partial charge in [-0.2, -0.15) is 4.31 Å². The number of hydrogen-bond acceptors (Lipinski definition) is 5. The van der Waals surface area contributed by atoms with Crippen molar-refractivity contribution in [3.63, 3.8) is 0 Å². The van der Waals surface area contributed by atoms with Crippen LogP contribution in [0.15, 0.2) is 29.2 Å². The number of anilines is 1. The normalized spacial score (nSPS) is 15.6. The van der Waals surface area contributed by atoms with Gasteiger partial charge in [-0.15, -0.1) is 0 Å². The Morgan fingerprint density at radius 1 is 1.13 bits per heavy atom. The lowest BCUT2D eigenvalue weighted by molar-refractivity contribution is -0.120. The Morgan fingerprint density at radius 2 is 1.77 bits per heavy atom. The first-order valence-corrected chi connectivity index (χ1v) is 11.8. The van der Waals surface area contributed by atoms with E-state index >= 15 is 0 Å². The molecule has 0 unspecified atom stereocenters. The summed E-state index contributed by atoms with van der Waals surface area (Å²) in [5, 5.41) is 2.94. The molecular formula is C22H29N3O5S. The second-order valence-corrected chi connectivity index (χ2v) is 9.66. The summed E-state index contributed by atoms with van der Waals surface area (Å²) in [4.78, 5) is 28.0. The molecule has 168 valence electrons. The summed E-state index contributed by atoms with van der Waals surface area (Å²) in [7, 11) is -3.91. The van der Waals surface area contributed by atoms with E-state index in [2.05, 4.69) is 10.3 Å². The van der Waals surface area contributed by atoms with Gasteiger partial charge in [0.1, 0.15) is 10.5 Å². The zero-order valence-corrected chi connectivity index (χ0v) is 19.1. The van der Waals surface area contributed by atoms with Crippen LogP contribution in [0.2, 0.25) is 0 Å². The average molecular weight is 448 g/mol. The quantitative estimate of drug-likeness (QED) is 0.661.